The summed E-state index contributed by atoms with van der Waals surface area (Å²) in [6.07, 6.45) is 2.64. The molecule has 0 radical (unpaired) electrons. The van der Waals surface area contributed by atoms with Crippen LogP contribution < -0.4 is 15.2 Å². The van der Waals surface area contributed by atoms with Gasteiger partial charge < -0.3 is 15.2 Å². The summed E-state index contributed by atoms with van der Waals surface area (Å²) in [4.78, 5) is 0. The van der Waals surface area contributed by atoms with Crippen LogP contribution in [0.25, 0.3) is 0 Å². The lowest BCUT2D eigenvalue weighted by Gasteiger charge is -2.24. The first-order valence-electron chi connectivity index (χ1n) is 6.83. The fourth-order valence-electron chi connectivity index (χ4n) is 2.52. The van der Waals surface area contributed by atoms with Crippen LogP contribution in [0, 0.1) is 0 Å². The Morgan fingerprint density at radius 1 is 1.16 bits per heavy atom. The Morgan fingerprint density at radius 3 is 2.26 bits per heavy atom. The first-order valence-corrected chi connectivity index (χ1v) is 6.83. The number of hydrogen-bond acceptors (Lipinski definition) is 3. The van der Waals surface area contributed by atoms with Gasteiger partial charge >= 0.3 is 0 Å². The highest BCUT2D eigenvalue weighted by molar-refractivity contribution is 5.53. The van der Waals surface area contributed by atoms with E-state index in [2.05, 4.69) is 0 Å². The van der Waals surface area contributed by atoms with Crippen molar-refractivity contribution in [1.29, 1.82) is 0 Å². The number of nitrogens with two attached hydrogens (primary N) is 1. The summed E-state index contributed by atoms with van der Waals surface area (Å²) in [6, 6.07) is 3.65. The van der Waals surface area contributed by atoms with Gasteiger partial charge in [-0.05, 0) is 49.9 Å². The summed E-state index contributed by atoms with van der Waals surface area (Å²) in [7, 11) is 0. The van der Waals surface area contributed by atoms with Gasteiger partial charge in [0.25, 0.3) is 0 Å². The molecule has 2 aliphatic rings. The SMILES string of the molecule is CC(C)(F)c1cc2c(cc1C1(N)CC1)OCCCO2. The fourth-order valence-corrected chi connectivity index (χ4v) is 2.52. The van der Waals surface area contributed by atoms with Crippen molar-refractivity contribution in [1.82, 2.24) is 0 Å². The van der Waals surface area contributed by atoms with E-state index in [1.54, 1.807) is 19.9 Å². The molecule has 1 heterocycles. The predicted octanol–water partition coefficient (Wildman–Crippen LogP) is 3.00. The molecule has 104 valence electrons. The standard InChI is InChI=1S/C15H20FNO2/c1-14(2,16)10-8-12-13(19-7-3-6-18-12)9-11(10)15(17)4-5-15/h8-9H,3-7,17H2,1-2H3. The molecule has 0 spiro atoms. The Hall–Kier alpha value is -1.29. The molecular formula is C15H20FNO2. The molecule has 3 rings (SSSR count). The first kappa shape index (κ1) is 12.7. The highest BCUT2D eigenvalue weighted by atomic mass is 19.1. The van der Waals surface area contributed by atoms with Crippen molar-refractivity contribution in [2.24, 2.45) is 5.73 Å². The number of hydrogen-bond donors (Lipinski definition) is 1. The number of alkyl halides is 1. The van der Waals surface area contributed by atoms with Crippen molar-refractivity contribution < 1.29 is 13.9 Å². The van der Waals surface area contributed by atoms with Gasteiger partial charge in [0, 0.05) is 12.0 Å². The van der Waals surface area contributed by atoms with Crippen LogP contribution in [0.4, 0.5) is 4.39 Å². The topological polar surface area (TPSA) is 44.5 Å². The molecule has 4 heteroatoms. The third-order valence-electron chi connectivity index (χ3n) is 3.85. The summed E-state index contributed by atoms with van der Waals surface area (Å²) >= 11 is 0. The van der Waals surface area contributed by atoms with Crippen molar-refractivity contribution >= 4 is 0 Å². The van der Waals surface area contributed by atoms with Crippen LogP contribution in [0.5, 0.6) is 11.5 Å². The van der Waals surface area contributed by atoms with E-state index in [-0.39, 0.29) is 5.54 Å². The third-order valence-corrected chi connectivity index (χ3v) is 3.85. The van der Waals surface area contributed by atoms with Crippen molar-refractivity contribution in [3.05, 3.63) is 23.3 Å². The van der Waals surface area contributed by atoms with Crippen LogP contribution >= 0.6 is 0 Å². The highest BCUT2D eigenvalue weighted by Crippen LogP contribution is 2.50. The zero-order chi connectivity index (χ0) is 13.7. The Bertz CT molecular complexity index is 469. The third kappa shape index (κ3) is 2.29. The van der Waals surface area contributed by atoms with Crippen molar-refractivity contribution in [3.63, 3.8) is 0 Å². The zero-order valence-corrected chi connectivity index (χ0v) is 11.5. The molecule has 0 atom stereocenters. The Morgan fingerprint density at radius 2 is 1.74 bits per heavy atom. The van der Waals surface area contributed by atoms with Crippen LogP contribution in [0.1, 0.15) is 44.2 Å². The summed E-state index contributed by atoms with van der Waals surface area (Å²) in [6.45, 7) is 4.34. The van der Waals surface area contributed by atoms with E-state index in [1.165, 1.54) is 0 Å². The summed E-state index contributed by atoms with van der Waals surface area (Å²) in [5.74, 6) is 1.32. The molecule has 0 unspecified atom stereocenters. The van der Waals surface area contributed by atoms with Crippen LogP contribution in [0.3, 0.4) is 0 Å². The predicted molar refractivity (Wildman–Crippen MR) is 71.3 cm³/mol. The lowest BCUT2D eigenvalue weighted by molar-refractivity contribution is 0.217. The molecule has 1 aliphatic carbocycles. The minimum atomic E-state index is -1.44. The minimum absolute atomic E-state index is 0.386. The number of rotatable bonds is 2. The maximum absolute atomic E-state index is 14.5. The van der Waals surface area contributed by atoms with E-state index in [9.17, 15) is 4.39 Å². The van der Waals surface area contributed by atoms with Gasteiger partial charge in [-0.3, -0.25) is 0 Å². The Balaban J connectivity index is 2.14. The van der Waals surface area contributed by atoms with Crippen LogP contribution in [-0.2, 0) is 11.2 Å². The summed E-state index contributed by atoms with van der Waals surface area (Å²) < 4.78 is 25.8. The average molecular weight is 265 g/mol. The molecular weight excluding hydrogens is 245 g/mol. The lowest BCUT2D eigenvalue weighted by Crippen LogP contribution is -2.25. The van der Waals surface area contributed by atoms with E-state index < -0.39 is 5.67 Å². The Kier molecular flexibility index (Phi) is 2.75. The molecule has 19 heavy (non-hydrogen) atoms. The van der Waals surface area contributed by atoms with Gasteiger partial charge in [-0.2, -0.15) is 0 Å². The van der Waals surface area contributed by atoms with Crippen molar-refractivity contribution in [2.45, 2.75) is 44.3 Å². The highest BCUT2D eigenvalue weighted by Gasteiger charge is 2.44. The summed E-state index contributed by atoms with van der Waals surface area (Å²) in [5, 5.41) is 0. The lowest BCUT2D eigenvalue weighted by atomic mass is 9.89. The van der Waals surface area contributed by atoms with Gasteiger partial charge in [0.1, 0.15) is 5.67 Å². The number of fused-ring (bicyclic) bond motifs is 1. The normalized spacial score (nSPS) is 20.8. The van der Waals surface area contributed by atoms with E-state index in [4.69, 9.17) is 15.2 Å². The maximum atomic E-state index is 14.5. The Labute approximate surface area is 112 Å². The van der Waals surface area contributed by atoms with Gasteiger partial charge in [0.2, 0.25) is 0 Å². The first-order chi connectivity index (χ1) is 8.90. The smallest absolute Gasteiger partial charge is 0.161 e. The molecule has 2 N–H and O–H groups in total. The van der Waals surface area contributed by atoms with Crippen LogP contribution in [0.15, 0.2) is 12.1 Å². The average Bonchev–Trinajstić information content (AvgIpc) is 3.10. The van der Waals surface area contributed by atoms with Gasteiger partial charge in [-0.1, -0.05) is 0 Å². The second-order valence-electron chi connectivity index (χ2n) is 6.02. The zero-order valence-electron chi connectivity index (χ0n) is 11.5. The molecule has 1 aliphatic heterocycles. The molecule has 1 aromatic rings. The van der Waals surface area contributed by atoms with Crippen molar-refractivity contribution in [3.8, 4) is 11.5 Å². The molecule has 3 nitrogen and oxygen atoms in total. The van der Waals surface area contributed by atoms with Crippen LogP contribution in [-0.4, -0.2) is 13.2 Å². The molecule has 1 aromatic carbocycles. The maximum Gasteiger partial charge on any atom is 0.161 e. The monoisotopic (exact) mass is 265 g/mol. The second-order valence-corrected chi connectivity index (χ2v) is 6.02. The quantitative estimate of drug-likeness (QED) is 0.894. The minimum Gasteiger partial charge on any atom is -0.490 e. The van der Waals surface area contributed by atoms with Crippen molar-refractivity contribution in [2.75, 3.05) is 13.2 Å². The molecule has 1 saturated carbocycles. The van der Waals surface area contributed by atoms with E-state index >= 15 is 0 Å². The van der Waals surface area contributed by atoms with E-state index in [1.807, 2.05) is 6.07 Å². The van der Waals surface area contributed by atoms with Gasteiger partial charge in [-0.15, -0.1) is 0 Å². The molecule has 1 fully saturated rings. The number of halogens is 1. The molecule has 0 amide bonds. The van der Waals surface area contributed by atoms with Gasteiger partial charge in [0.15, 0.2) is 11.5 Å². The summed E-state index contributed by atoms with van der Waals surface area (Å²) in [5.41, 5.74) is 5.94. The fraction of sp³-hybridized carbons (Fsp3) is 0.600. The van der Waals surface area contributed by atoms with Gasteiger partial charge in [-0.25, -0.2) is 4.39 Å². The molecule has 0 bridgehead atoms. The van der Waals surface area contributed by atoms with E-state index in [0.717, 1.165) is 24.8 Å². The van der Waals surface area contributed by atoms with Crippen LogP contribution in [0.2, 0.25) is 0 Å². The number of ether oxygens (including phenoxy) is 2. The van der Waals surface area contributed by atoms with E-state index in [0.29, 0.717) is 30.3 Å². The van der Waals surface area contributed by atoms with Gasteiger partial charge in [0.05, 0.1) is 13.2 Å². The molecule has 0 aromatic heterocycles. The number of benzene rings is 1. The largest absolute Gasteiger partial charge is 0.490 e. The molecule has 0 saturated heterocycles. The second kappa shape index (κ2) is 4.10.